The Morgan fingerprint density at radius 1 is 1.27 bits per heavy atom. The summed E-state index contributed by atoms with van der Waals surface area (Å²) in [6.07, 6.45) is -4.55. The first kappa shape index (κ1) is 12.0. The molecule has 0 amide bonds. The Kier molecular flexibility index (Phi) is 3.05. The second kappa shape index (κ2) is 3.82. The van der Waals surface area contributed by atoms with Crippen LogP contribution in [-0.2, 0) is 16.2 Å². The number of rotatable bonds is 2. The summed E-state index contributed by atoms with van der Waals surface area (Å²) in [5, 5.41) is 0. The molecule has 0 bridgehead atoms. The first-order valence-corrected chi connectivity index (χ1v) is 5.37. The Labute approximate surface area is 85.0 Å². The van der Waals surface area contributed by atoms with Gasteiger partial charge in [0.15, 0.2) is 0 Å². The van der Waals surface area contributed by atoms with E-state index in [2.05, 4.69) is 7.05 Å². The lowest BCUT2D eigenvalue weighted by molar-refractivity contribution is -0.424. The summed E-state index contributed by atoms with van der Waals surface area (Å²) in [5.41, 5.74) is -0.995. The van der Waals surface area contributed by atoms with Crippen molar-refractivity contribution in [3.8, 4) is 0 Å². The molecule has 0 aromatic heterocycles. The number of nitrogens with two attached hydrogens (primary N) is 1. The zero-order valence-electron chi connectivity index (χ0n) is 7.45. The molecule has 0 unspecified atom stereocenters. The Hall–Kier alpha value is -1.08. The second-order valence-electron chi connectivity index (χ2n) is 2.74. The SMILES string of the molecule is [CH2-][NH2+]S(=O)(=O)c1cccc(C(F)(F)F)c1. The van der Waals surface area contributed by atoms with E-state index < -0.39 is 26.7 Å². The minimum Gasteiger partial charge on any atom is -0.367 e. The van der Waals surface area contributed by atoms with Crippen molar-refractivity contribution in [1.82, 2.24) is 0 Å². The Morgan fingerprint density at radius 3 is 2.33 bits per heavy atom. The molecule has 0 aliphatic rings. The fourth-order valence-corrected chi connectivity index (χ4v) is 1.70. The Morgan fingerprint density at radius 2 is 1.87 bits per heavy atom. The normalized spacial score (nSPS) is 12.8. The highest BCUT2D eigenvalue weighted by Crippen LogP contribution is 2.29. The van der Waals surface area contributed by atoms with Gasteiger partial charge in [-0.2, -0.15) is 21.6 Å². The van der Waals surface area contributed by atoms with Crippen molar-refractivity contribution in [3.05, 3.63) is 36.9 Å². The number of halogens is 3. The van der Waals surface area contributed by atoms with Crippen LogP contribution in [0.25, 0.3) is 0 Å². The van der Waals surface area contributed by atoms with Gasteiger partial charge in [-0.25, -0.2) is 0 Å². The Balaban J connectivity index is 3.27. The minimum absolute atomic E-state index is 0.410. The predicted octanol–water partition coefficient (Wildman–Crippen LogP) is 0.749. The van der Waals surface area contributed by atoms with Crippen LogP contribution in [-0.4, -0.2) is 8.42 Å². The molecule has 0 spiro atoms. The van der Waals surface area contributed by atoms with Crippen LogP contribution in [0.3, 0.4) is 0 Å². The van der Waals surface area contributed by atoms with Gasteiger partial charge in [0.25, 0.3) is 10.0 Å². The number of hydrogen-bond acceptors (Lipinski definition) is 2. The van der Waals surface area contributed by atoms with Gasteiger partial charge in [0.2, 0.25) is 0 Å². The monoisotopic (exact) mass is 239 g/mol. The van der Waals surface area contributed by atoms with Crippen molar-refractivity contribution in [2.24, 2.45) is 0 Å². The first-order chi connectivity index (χ1) is 6.77. The lowest BCUT2D eigenvalue weighted by Gasteiger charge is -2.08. The molecule has 1 aromatic rings. The fraction of sp³-hybridized carbons (Fsp3) is 0.125. The van der Waals surface area contributed by atoms with Gasteiger partial charge in [-0.05, 0) is 18.2 Å². The summed E-state index contributed by atoms with van der Waals surface area (Å²) >= 11 is 0. The quantitative estimate of drug-likeness (QED) is 0.774. The van der Waals surface area contributed by atoms with Crippen LogP contribution in [0.15, 0.2) is 29.2 Å². The average molecular weight is 239 g/mol. The number of benzene rings is 1. The van der Waals surface area contributed by atoms with Crippen LogP contribution in [0.4, 0.5) is 13.2 Å². The van der Waals surface area contributed by atoms with Crippen molar-refractivity contribution < 1.29 is 26.3 Å². The molecule has 1 rings (SSSR count). The van der Waals surface area contributed by atoms with Crippen molar-refractivity contribution in [1.29, 1.82) is 0 Å². The van der Waals surface area contributed by atoms with E-state index in [1.165, 1.54) is 0 Å². The molecule has 0 saturated heterocycles. The molecule has 0 saturated carbocycles. The van der Waals surface area contributed by atoms with Gasteiger partial charge >= 0.3 is 6.18 Å². The van der Waals surface area contributed by atoms with Crippen LogP contribution in [0, 0.1) is 7.05 Å². The van der Waals surface area contributed by atoms with E-state index in [0.29, 0.717) is 10.8 Å². The average Bonchev–Trinajstić information content (AvgIpc) is 2.17. The number of quaternary nitrogens is 1. The molecule has 0 heterocycles. The molecular formula is C8H8F3NO2S. The molecule has 1 aromatic carbocycles. The van der Waals surface area contributed by atoms with Gasteiger partial charge in [0.05, 0.1) is 5.56 Å². The topological polar surface area (TPSA) is 50.8 Å². The second-order valence-corrected chi connectivity index (χ2v) is 4.63. The van der Waals surface area contributed by atoms with Crippen LogP contribution >= 0.6 is 0 Å². The molecule has 0 radical (unpaired) electrons. The molecule has 3 nitrogen and oxygen atoms in total. The molecule has 15 heavy (non-hydrogen) atoms. The van der Waals surface area contributed by atoms with Crippen molar-refractivity contribution >= 4 is 10.0 Å². The molecule has 0 aliphatic carbocycles. The minimum atomic E-state index is -4.55. The maximum absolute atomic E-state index is 12.2. The van der Waals surface area contributed by atoms with Crippen LogP contribution in [0.1, 0.15) is 5.56 Å². The first-order valence-electron chi connectivity index (χ1n) is 3.82. The highest BCUT2D eigenvalue weighted by molar-refractivity contribution is 7.84. The predicted molar refractivity (Wildman–Crippen MR) is 45.9 cm³/mol. The summed E-state index contributed by atoms with van der Waals surface area (Å²) in [6, 6.07) is 3.52. The highest BCUT2D eigenvalue weighted by Gasteiger charge is 2.31. The van der Waals surface area contributed by atoms with Gasteiger partial charge in [-0.1, -0.05) is 6.07 Å². The summed E-state index contributed by atoms with van der Waals surface area (Å²) in [4.78, 5) is -0.410. The maximum atomic E-state index is 12.2. The van der Waals surface area contributed by atoms with Crippen molar-refractivity contribution in [2.75, 3.05) is 0 Å². The van der Waals surface area contributed by atoms with Gasteiger partial charge < -0.3 is 4.72 Å². The van der Waals surface area contributed by atoms with Crippen LogP contribution in [0.5, 0.6) is 0 Å². The standard InChI is InChI=1S/C8H8F3NO2S/c1-12-15(13,14)7-4-2-3-6(5-7)8(9,10)11/h2-5H,1,12H2. The number of sulfonamides is 1. The highest BCUT2D eigenvalue weighted by atomic mass is 32.2. The van der Waals surface area contributed by atoms with E-state index in [9.17, 15) is 21.6 Å². The molecular weight excluding hydrogens is 231 g/mol. The van der Waals surface area contributed by atoms with Gasteiger partial charge in [-0.15, -0.1) is 7.05 Å². The lowest BCUT2D eigenvalue weighted by atomic mass is 10.2. The third-order valence-corrected chi connectivity index (χ3v) is 3.06. The third kappa shape index (κ3) is 2.69. The fourth-order valence-electron chi connectivity index (χ4n) is 0.946. The smallest absolute Gasteiger partial charge is 0.367 e. The zero-order chi connectivity index (χ0) is 11.7. The number of hydrogen-bond donors (Lipinski definition) is 1. The maximum Gasteiger partial charge on any atom is 0.416 e. The van der Waals surface area contributed by atoms with Crippen molar-refractivity contribution in [3.63, 3.8) is 0 Å². The Bertz CT molecular complexity index is 453. The molecule has 7 heteroatoms. The van der Waals surface area contributed by atoms with Crippen LogP contribution < -0.4 is 4.72 Å². The van der Waals surface area contributed by atoms with E-state index in [-0.39, 0.29) is 0 Å². The third-order valence-electron chi connectivity index (χ3n) is 1.71. The lowest BCUT2D eigenvalue weighted by Crippen LogP contribution is -2.80. The molecule has 2 N–H and O–H groups in total. The van der Waals surface area contributed by atoms with E-state index in [0.717, 1.165) is 18.2 Å². The van der Waals surface area contributed by atoms with Crippen molar-refractivity contribution in [2.45, 2.75) is 11.1 Å². The number of primary sulfonamides is 1. The zero-order valence-corrected chi connectivity index (χ0v) is 8.27. The largest absolute Gasteiger partial charge is 0.416 e. The van der Waals surface area contributed by atoms with Gasteiger partial charge in [-0.3, -0.25) is 0 Å². The summed E-state index contributed by atoms with van der Waals surface area (Å²) < 4.78 is 59.7. The van der Waals surface area contributed by atoms with Gasteiger partial charge in [0.1, 0.15) is 4.90 Å². The summed E-state index contributed by atoms with van der Waals surface area (Å²) in [5.74, 6) is 0. The summed E-state index contributed by atoms with van der Waals surface area (Å²) in [6.45, 7) is 0. The van der Waals surface area contributed by atoms with Gasteiger partial charge in [0, 0.05) is 0 Å². The van der Waals surface area contributed by atoms with E-state index in [1.807, 2.05) is 0 Å². The summed E-state index contributed by atoms with van der Waals surface area (Å²) in [7, 11) is -0.786. The van der Waals surface area contributed by atoms with Crippen LogP contribution in [0.2, 0.25) is 0 Å². The van der Waals surface area contributed by atoms with E-state index in [1.54, 1.807) is 0 Å². The molecule has 0 atom stereocenters. The molecule has 84 valence electrons. The van der Waals surface area contributed by atoms with E-state index in [4.69, 9.17) is 0 Å². The number of alkyl halides is 3. The molecule has 0 fully saturated rings. The molecule has 0 aliphatic heterocycles. The van der Waals surface area contributed by atoms with E-state index >= 15 is 0 Å².